The monoisotopic (exact) mass is 459 g/mol. The van der Waals surface area contributed by atoms with E-state index in [1.165, 1.54) is 11.3 Å². The Bertz CT molecular complexity index is 993. The van der Waals surface area contributed by atoms with E-state index in [-0.39, 0.29) is 0 Å². The highest BCUT2D eigenvalue weighted by Gasteiger charge is 2.38. The molecule has 1 aromatic carbocycles. The number of hydroxylamine groups is 1. The lowest BCUT2D eigenvalue weighted by atomic mass is 10.1. The SMILES string of the molecule is N[C@@H](Cc1cscn1)c1nc(Cc2ccc(C(=O)NO)cc2)no1.O=C(O)C(F)(F)F. The first-order chi connectivity index (χ1) is 14.6. The smallest absolute Gasteiger partial charge is 0.475 e. The van der Waals surface area contributed by atoms with Crippen LogP contribution in [0.4, 0.5) is 13.2 Å². The summed E-state index contributed by atoms with van der Waals surface area (Å²) >= 11 is 1.51. The van der Waals surface area contributed by atoms with Gasteiger partial charge in [0.2, 0.25) is 5.89 Å². The quantitative estimate of drug-likeness (QED) is 0.319. The second-order valence-electron chi connectivity index (χ2n) is 5.96. The molecule has 2 aromatic heterocycles. The number of hydrogen-bond donors (Lipinski definition) is 4. The number of carboxylic acid groups (broad SMARTS) is 1. The molecule has 0 aliphatic heterocycles. The molecule has 3 aromatic rings. The van der Waals surface area contributed by atoms with Crippen molar-refractivity contribution in [2.45, 2.75) is 25.1 Å². The van der Waals surface area contributed by atoms with Gasteiger partial charge in [0.15, 0.2) is 5.82 Å². The molecule has 0 bridgehead atoms. The summed E-state index contributed by atoms with van der Waals surface area (Å²) < 4.78 is 37.0. The van der Waals surface area contributed by atoms with E-state index in [9.17, 15) is 18.0 Å². The summed E-state index contributed by atoms with van der Waals surface area (Å²) in [4.78, 5) is 28.7. The van der Waals surface area contributed by atoms with Crippen LogP contribution in [0.5, 0.6) is 0 Å². The number of carboxylic acids is 1. The van der Waals surface area contributed by atoms with E-state index in [2.05, 4.69) is 15.1 Å². The number of benzene rings is 1. The summed E-state index contributed by atoms with van der Waals surface area (Å²) in [5.74, 6) is -2.43. The molecule has 2 heterocycles. The van der Waals surface area contributed by atoms with Crippen molar-refractivity contribution in [3.63, 3.8) is 0 Å². The Hall–Kier alpha value is -3.36. The zero-order chi connectivity index (χ0) is 23.0. The molecule has 3 rings (SSSR count). The maximum Gasteiger partial charge on any atom is 0.490 e. The highest BCUT2D eigenvalue weighted by Crippen LogP contribution is 2.16. The van der Waals surface area contributed by atoms with Crippen LogP contribution in [0.15, 0.2) is 39.7 Å². The van der Waals surface area contributed by atoms with E-state index in [4.69, 9.17) is 25.4 Å². The van der Waals surface area contributed by atoms with Gasteiger partial charge in [-0.1, -0.05) is 17.3 Å². The molecule has 10 nitrogen and oxygen atoms in total. The fourth-order valence-electron chi connectivity index (χ4n) is 2.16. The fourth-order valence-corrected chi connectivity index (χ4v) is 2.73. The summed E-state index contributed by atoms with van der Waals surface area (Å²) in [5.41, 5.74) is 11.6. The molecule has 1 amide bonds. The van der Waals surface area contributed by atoms with Crippen LogP contribution < -0.4 is 11.2 Å². The van der Waals surface area contributed by atoms with Crippen molar-refractivity contribution in [2.24, 2.45) is 5.73 Å². The molecular weight excluding hydrogens is 443 g/mol. The van der Waals surface area contributed by atoms with Gasteiger partial charge in [-0.15, -0.1) is 11.3 Å². The van der Waals surface area contributed by atoms with Crippen molar-refractivity contribution in [3.05, 3.63) is 63.7 Å². The second-order valence-corrected chi connectivity index (χ2v) is 6.68. The lowest BCUT2D eigenvalue weighted by Gasteiger charge is -2.03. The van der Waals surface area contributed by atoms with Crippen molar-refractivity contribution in [1.82, 2.24) is 20.6 Å². The van der Waals surface area contributed by atoms with Crippen LogP contribution in [0.25, 0.3) is 0 Å². The number of amides is 1. The largest absolute Gasteiger partial charge is 0.490 e. The average molecular weight is 459 g/mol. The predicted octanol–water partition coefficient (Wildman–Crippen LogP) is 2.11. The fraction of sp³-hybridized carbons (Fsp3) is 0.235. The third-order valence-corrected chi connectivity index (χ3v) is 4.27. The normalized spacial score (nSPS) is 11.9. The Kier molecular flexibility index (Phi) is 8.18. The van der Waals surface area contributed by atoms with E-state index in [0.29, 0.717) is 30.1 Å². The molecule has 0 spiro atoms. The van der Waals surface area contributed by atoms with E-state index in [1.54, 1.807) is 35.3 Å². The van der Waals surface area contributed by atoms with Crippen LogP contribution in [0.1, 0.15) is 39.4 Å². The van der Waals surface area contributed by atoms with Gasteiger partial charge >= 0.3 is 12.1 Å². The third-order valence-electron chi connectivity index (χ3n) is 3.64. The first-order valence-corrected chi connectivity index (χ1v) is 9.33. The van der Waals surface area contributed by atoms with Crippen molar-refractivity contribution < 1.29 is 37.6 Å². The zero-order valence-corrected chi connectivity index (χ0v) is 16.4. The number of nitrogens with one attached hydrogen (secondary N) is 1. The van der Waals surface area contributed by atoms with E-state index in [1.807, 2.05) is 5.38 Å². The summed E-state index contributed by atoms with van der Waals surface area (Å²) in [6.45, 7) is 0. The second kappa shape index (κ2) is 10.6. The molecule has 0 fully saturated rings. The van der Waals surface area contributed by atoms with Gasteiger partial charge in [0.1, 0.15) is 0 Å². The molecule has 5 N–H and O–H groups in total. The number of aromatic nitrogens is 3. The molecule has 166 valence electrons. The summed E-state index contributed by atoms with van der Waals surface area (Å²) in [5, 5.41) is 21.6. The van der Waals surface area contributed by atoms with Gasteiger partial charge in [0, 0.05) is 23.8 Å². The van der Waals surface area contributed by atoms with Gasteiger partial charge in [-0.2, -0.15) is 18.2 Å². The van der Waals surface area contributed by atoms with E-state index in [0.717, 1.165) is 11.3 Å². The number of nitrogens with two attached hydrogens (primary N) is 1. The minimum Gasteiger partial charge on any atom is -0.475 e. The van der Waals surface area contributed by atoms with Crippen molar-refractivity contribution in [3.8, 4) is 0 Å². The number of carbonyl (C=O) groups excluding carboxylic acids is 1. The summed E-state index contributed by atoms with van der Waals surface area (Å²) in [7, 11) is 0. The van der Waals surface area contributed by atoms with Crippen LogP contribution in [0.3, 0.4) is 0 Å². The van der Waals surface area contributed by atoms with Gasteiger partial charge in [-0.05, 0) is 17.7 Å². The van der Waals surface area contributed by atoms with Crippen LogP contribution in [-0.4, -0.2) is 43.5 Å². The highest BCUT2D eigenvalue weighted by molar-refractivity contribution is 7.07. The lowest BCUT2D eigenvalue weighted by molar-refractivity contribution is -0.192. The molecule has 0 saturated carbocycles. The van der Waals surface area contributed by atoms with Gasteiger partial charge in [-0.25, -0.2) is 15.3 Å². The summed E-state index contributed by atoms with van der Waals surface area (Å²) in [6.07, 6.45) is -4.09. The van der Waals surface area contributed by atoms with Gasteiger partial charge in [0.25, 0.3) is 5.91 Å². The van der Waals surface area contributed by atoms with Crippen molar-refractivity contribution >= 4 is 23.2 Å². The predicted molar refractivity (Wildman–Crippen MR) is 99.2 cm³/mol. The minimum absolute atomic E-state index is 0.361. The highest BCUT2D eigenvalue weighted by atomic mass is 32.1. The topological polar surface area (TPSA) is 164 Å². The molecule has 0 saturated heterocycles. The van der Waals surface area contributed by atoms with Gasteiger partial charge in [0.05, 0.1) is 17.2 Å². The number of carbonyl (C=O) groups is 2. The number of rotatable bonds is 6. The summed E-state index contributed by atoms with van der Waals surface area (Å²) in [6, 6.07) is 6.33. The Morgan fingerprint density at radius 1 is 1.26 bits per heavy atom. The number of thiazole rings is 1. The minimum atomic E-state index is -5.08. The number of hydrogen-bond acceptors (Lipinski definition) is 9. The lowest BCUT2D eigenvalue weighted by Crippen LogP contribution is -2.21. The zero-order valence-electron chi connectivity index (χ0n) is 15.5. The van der Waals surface area contributed by atoms with E-state index < -0.39 is 24.1 Å². The Balaban J connectivity index is 0.000000423. The van der Waals surface area contributed by atoms with Gasteiger partial charge in [-0.3, -0.25) is 10.0 Å². The number of halogens is 3. The maximum absolute atomic E-state index is 11.3. The molecule has 1 atom stereocenters. The van der Waals surface area contributed by atoms with Crippen LogP contribution in [-0.2, 0) is 17.6 Å². The first kappa shape index (κ1) is 23.9. The Labute approximate surface area is 176 Å². The average Bonchev–Trinajstić information content (AvgIpc) is 3.40. The molecule has 14 heteroatoms. The standard InChI is InChI=1S/C15H15N5O3S.C2HF3O2/c16-12(6-11-7-24-8-17-11)15-18-13(20-23-15)5-9-1-3-10(4-2-9)14(21)19-22;3-2(4,5)1(6)7/h1-4,7-8,12,22H,5-6,16H2,(H,19,21);(H,6,7)/t12-;/m0./s1. The van der Waals surface area contributed by atoms with Crippen LogP contribution in [0.2, 0.25) is 0 Å². The molecular formula is C17H16F3N5O5S. The van der Waals surface area contributed by atoms with Gasteiger partial charge < -0.3 is 15.4 Å². The Morgan fingerprint density at radius 3 is 2.42 bits per heavy atom. The van der Waals surface area contributed by atoms with Crippen molar-refractivity contribution in [1.29, 1.82) is 0 Å². The first-order valence-electron chi connectivity index (χ1n) is 8.38. The third kappa shape index (κ3) is 7.44. The van der Waals surface area contributed by atoms with E-state index >= 15 is 0 Å². The molecule has 0 unspecified atom stereocenters. The molecule has 0 aliphatic rings. The molecule has 0 radical (unpaired) electrons. The molecule has 0 aliphatic carbocycles. The molecule has 31 heavy (non-hydrogen) atoms. The van der Waals surface area contributed by atoms with Crippen LogP contribution >= 0.6 is 11.3 Å². The Morgan fingerprint density at radius 2 is 1.90 bits per heavy atom. The number of aliphatic carboxylic acids is 1. The van der Waals surface area contributed by atoms with Crippen molar-refractivity contribution in [2.75, 3.05) is 0 Å². The number of alkyl halides is 3. The maximum atomic E-state index is 11.3. The number of nitrogens with zero attached hydrogens (tertiary/aromatic N) is 3. The van der Waals surface area contributed by atoms with Crippen LogP contribution in [0, 0.1) is 0 Å².